The highest BCUT2D eigenvalue weighted by Crippen LogP contribution is 2.30. The lowest BCUT2D eigenvalue weighted by molar-refractivity contribution is -0.112. The fourth-order valence-corrected chi connectivity index (χ4v) is 3.97. The molecule has 4 aromatic rings. The molecule has 5 nitrogen and oxygen atoms in total. The summed E-state index contributed by atoms with van der Waals surface area (Å²) >= 11 is 18.1. The molecule has 2 aromatic heterocycles. The van der Waals surface area contributed by atoms with E-state index in [0.717, 1.165) is 11.1 Å². The lowest BCUT2D eigenvalue weighted by Gasteiger charge is -2.09. The van der Waals surface area contributed by atoms with Gasteiger partial charge in [-0.1, -0.05) is 46.9 Å². The Hall–Kier alpha value is -2.86. The first-order valence-electron chi connectivity index (χ1n) is 9.33. The van der Waals surface area contributed by atoms with E-state index in [9.17, 15) is 9.59 Å². The average molecular weight is 473 g/mol. The minimum atomic E-state index is -0.768. The Morgan fingerprint density at radius 3 is 2.39 bits per heavy atom. The molecule has 0 bridgehead atoms. The number of aromatic nitrogens is 2. The zero-order valence-corrected chi connectivity index (χ0v) is 18.6. The molecule has 0 fully saturated rings. The zero-order chi connectivity index (χ0) is 22.1. The number of amides is 1. The molecule has 2 heterocycles. The number of hydrogen-bond acceptors (Lipinski definition) is 3. The zero-order valence-electron chi connectivity index (χ0n) is 16.3. The molecule has 2 aromatic carbocycles. The summed E-state index contributed by atoms with van der Waals surface area (Å²) in [7, 11) is 0. The van der Waals surface area contributed by atoms with Crippen molar-refractivity contribution in [2.75, 3.05) is 5.32 Å². The standard InChI is InChI=1S/C23H16Cl3N3O2/c1-13-21(22(30)23(31)28-17-8-9-27-20(26)11-17)18-10-16(25)6-7-19(18)29(13)12-14-2-4-15(24)5-3-14/h2-11H,12H2,1H3,(H,27,28,31). The van der Waals surface area contributed by atoms with Gasteiger partial charge in [-0.05, 0) is 55.0 Å². The van der Waals surface area contributed by atoms with Crippen LogP contribution in [0.4, 0.5) is 5.69 Å². The number of fused-ring (bicyclic) bond motifs is 1. The molecule has 0 radical (unpaired) electrons. The highest BCUT2D eigenvalue weighted by atomic mass is 35.5. The van der Waals surface area contributed by atoms with Crippen LogP contribution in [0.5, 0.6) is 0 Å². The molecule has 0 spiro atoms. The third-order valence-electron chi connectivity index (χ3n) is 4.96. The van der Waals surface area contributed by atoms with E-state index < -0.39 is 11.7 Å². The number of nitrogens with one attached hydrogen (secondary N) is 1. The summed E-state index contributed by atoms with van der Waals surface area (Å²) < 4.78 is 1.98. The number of anilines is 1. The highest BCUT2D eigenvalue weighted by molar-refractivity contribution is 6.49. The second-order valence-corrected chi connectivity index (χ2v) is 8.25. The van der Waals surface area contributed by atoms with Gasteiger partial charge in [0.25, 0.3) is 11.7 Å². The van der Waals surface area contributed by atoms with Crippen LogP contribution < -0.4 is 5.32 Å². The fourth-order valence-electron chi connectivity index (χ4n) is 3.50. The summed E-state index contributed by atoms with van der Waals surface area (Å²) in [6, 6.07) is 15.8. The second-order valence-electron chi connectivity index (χ2n) is 6.98. The number of carbonyl (C=O) groups is 2. The van der Waals surface area contributed by atoms with Crippen LogP contribution in [0.25, 0.3) is 10.9 Å². The van der Waals surface area contributed by atoms with Crippen molar-refractivity contribution in [3.05, 3.63) is 92.8 Å². The number of Topliss-reactive ketones (excluding diaryl/α,β-unsaturated/α-hetero) is 1. The van der Waals surface area contributed by atoms with Crippen molar-refractivity contribution in [3.63, 3.8) is 0 Å². The number of ketones is 1. The summed E-state index contributed by atoms with van der Waals surface area (Å²) in [6.07, 6.45) is 1.45. The predicted molar refractivity (Wildman–Crippen MR) is 124 cm³/mol. The molecular formula is C23H16Cl3N3O2. The van der Waals surface area contributed by atoms with Crippen LogP contribution in [0, 0.1) is 6.92 Å². The minimum Gasteiger partial charge on any atom is -0.340 e. The Kier molecular flexibility index (Phi) is 6.01. The Morgan fingerprint density at radius 1 is 0.968 bits per heavy atom. The van der Waals surface area contributed by atoms with E-state index in [2.05, 4.69) is 10.3 Å². The highest BCUT2D eigenvalue weighted by Gasteiger charge is 2.25. The van der Waals surface area contributed by atoms with Crippen molar-refractivity contribution in [2.45, 2.75) is 13.5 Å². The Bertz CT molecular complexity index is 1310. The SMILES string of the molecule is Cc1c(C(=O)C(=O)Nc2ccnc(Cl)c2)c2cc(Cl)ccc2n1Cc1ccc(Cl)cc1. The summed E-state index contributed by atoms with van der Waals surface area (Å²) in [4.78, 5) is 29.8. The molecule has 4 rings (SSSR count). The third-order valence-corrected chi connectivity index (χ3v) is 5.65. The van der Waals surface area contributed by atoms with E-state index in [1.807, 2.05) is 41.8 Å². The lowest BCUT2D eigenvalue weighted by Crippen LogP contribution is -2.23. The van der Waals surface area contributed by atoms with Crippen molar-refractivity contribution >= 4 is 63.1 Å². The molecule has 8 heteroatoms. The summed E-state index contributed by atoms with van der Waals surface area (Å²) in [5.74, 6) is -1.43. The molecule has 156 valence electrons. The van der Waals surface area contributed by atoms with Gasteiger partial charge in [0.15, 0.2) is 0 Å². The van der Waals surface area contributed by atoms with E-state index in [4.69, 9.17) is 34.8 Å². The van der Waals surface area contributed by atoms with Crippen LogP contribution in [-0.2, 0) is 11.3 Å². The van der Waals surface area contributed by atoms with Crippen LogP contribution in [-0.4, -0.2) is 21.2 Å². The van der Waals surface area contributed by atoms with Gasteiger partial charge in [-0.15, -0.1) is 0 Å². The van der Waals surface area contributed by atoms with Gasteiger partial charge in [-0.2, -0.15) is 0 Å². The quantitative estimate of drug-likeness (QED) is 0.214. The molecular weight excluding hydrogens is 457 g/mol. The molecule has 0 atom stereocenters. The molecule has 1 N–H and O–H groups in total. The second kappa shape index (κ2) is 8.71. The van der Waals surface area contributed by atoms with Crippen molar-refractivity contribution in [3.8, 4) is 0 Å². The van der Waals surface area contributed by atoms with E-state index in [1.165, 1.54) is 12.3 Å². The topological polar surface area (TPSA) is 64.0 Å². The summed E-state index contributed by atoms with van der Waals surface area (Å²) in [6.45, 7) is 2.32. The Morgan fingerprint density at radius 2 is 1.68 bits per heavy atom. The maximum absolute atomic E-state index is 13.2. The van der Waals surface area contributed by atoms with Crippen LogP contribution in [0.1, 0.15) is 21.6 Å². The predicted octanol–water partition coefficient (Wildman–Crippen LogP) is 6.17. The number of pyridine rings is 1. The first kappa shape index (κ1) is 21.4. The van der Waals surface area contributed by atoms with Gasteiger partial charge in [0.2, 0.25) is 0 Å². The summed E-state index contributed by atoms with van der Waals surface area (Å²) in [5, 5.41) is 4.54. The van der Waals surface area contributed by atoms with Crippen molar-refractivity contribution in [2.24, 2.45) is 0 Å². The van der Waals surface area contributed by atoms with Gasteiger partial charge in [-0.3, -0.25) is 9.59 Å². The van der Waals surface area contributed by atoms with Gasteiger partial charge in [-0.25, -0.2) is 4.98 Å². The van der Waals surface area contributed by atoms with Gasteiger partial charge in [0.1, 0.15) is 5.15 Å². The van der Waals surface area contributed by atoms with Gasteiger partial charge < -0.3 is 9.88 Å². The summed E-state index contributed by atoms with van der Waals surface area (Å²) in [5.41, 5.74) is 3.18. The number of carbonyl (C=O) groups excluding carboxylic acids is 2. The molecule has 0 aliphatic rings. The lowest BCUT2D eigenvalue weighted by atomic mass is 10.1. The van der Waals surface area contributed by atoms with E-state index in [-0.39, 0.29) is 5.15 Å². The van der Waals surface area contributed by atoms with Crippen molar-refractivity contribution in [1.82, 2.24) is 9.55 Å². The third kappa shape index (κ3) is 4.44. The maximum Gasteiger partial charge on any atom is 0.296 e. The van der Waals surface area contributed by atoms with E-state index in [0.29, 0.717) is 38.9 Å². The number of nitrogens with zero attached hydrogens (tertiary/aromatic N) is 2. The van der Waals surface area contributed by atoms with Gasteiger partial charge in [0, 0.05) is 45.1 Å². The largest absolute Gasteiger partial charge is 0.340 e. The molecule has 31 heavy (non-hydrogen) atoms. The first-order valence-corrected chi connectivity index (χ1v) is 10.5. The molecule has 0 aliphatic carbocycles. The van der Waals surface area contributed by atoms with Crippen LogP contribution in [0.15, 0.2) is 60.8 Å². The molecule has 0 aliphatic heterocycles. The minimum absolute atomic E-state index is 0.216. The number of rotatable bonds is 5. The molecule has 1 amide bonds. The number of hydrogen-bond donors (Lipinski definition) is 1. The first-order chi connectivity index (χ1) is 14.8. The van der Waals surface area contributed by atoms with Gasteiger partial charge >= 0.3 is 0 Å². The van der Waals surface area contributed by atoms with E-state index in [1.54, 1.807) is 18.2 Å². The smallest absolute Gasteiger partial charge is 0.296 e. The fraction of sp³-hybridized carbons (Fsp3) is 0.0870. The number of halogens is 3. The van der Waals surface area contributed by atoms with Gasteiger partial charge in [0.05, 0.1) is 5.56 Å². The Labute approximate surface area is 193 Å². The molecule has 0 saturated heterocycles. The van der Waals surface area contributed by atoms with Crippen molar-refractivity contribution in [1.29, 1.82) is 0 Å². The number of benzene rings is 2. The van der Waals surface area contributed by atoms with Crippen LogP contribution >= 0.6 is 34.8 Å². The van der Waals surface area contributed by atoms with E-state index >= 15 is 0 Å². The average Bonchev–Trinajstić information content (AvgIpc) is 2.99. The molecule has 0 saturated carbocycles. The normalized spacial score (nSPS) is 11.0. The maximum atomic E-state index is 13.2. The van der Waals surface area contributed by atoms with Crippen LogP contribution in [0.3, 0.4) is 0 Å². The Balaban J connectivity index is 1.75. The monoisotopic (exact) mass is 471 g/mol. The molecule has 0 unspecified atom stereocenters. The van der Waals surface area contributed by atoms with Crippen LogP contribution in [0.2, 0.25) is 15.2 Å². The van der Waals surface area contributed by atoms with Crippen molar-refractivity contribution < 1.29 is 9.59 Å².